The fourth-order valence-corrected chi connectivity index (χ4v) is 2.80. The Morgan fingerprint density at radius 2 is 1.97 bits per heavy atom. The lowest BCUT2D eigenvalue weighted by atomic mass is 10.2. The molecule has 0 aliphatic rings. The number of carbonyl (C=O) groups excluding carboxylic acids is 1. The van der Waals surface area contributed by atoms with Gasteiger partial charge < -0.3 is 9.15 Å². The summed E-state index contributed by atoms with van der Waals surface area (Å²) in [6, 6.07) is 20.9. The molecule has 0 radical (unpaired) electrons. The summed E-state index contributed by atoms with van der Waals surface area (Å²) < 4.78 is 12.9. The molecule has 146 valence electrons. The topological polar surface area (TPSA) is 82.2 Å². The molecule has 29 heavy (non-hydrogen) atoms. The molecule has 0 fully saturated rings. The van der Waals surface area contributed by atoms with Crippen molar-refractivity contribution in [3.05, 3.63) is 95.7 Å². The number of hydrogen-bond donors (Lipinski definition) is 1. The van der Waals surface area contributed by atoms with Gasteiger partial charge in [0.25, 0.3) is 5.91 Å². The quantitative estimate of drug-likeness (QED) is 0.516. The number of furan rings is 1. The number of benzene rings is 2. The SMILES string of the molecule is Cc1cccc(OCc2ccc(C(=O)Nc3ncn(Cc4ccccc4)n3)o2)c1. The van der Waals surface area contributed by atoms with Crippen molar-refractivity contribution >= 4 is 11.9 Å². The van der Waals surface area contributed by atoms with Crippen LogP contribution in [0.3, 0.4) is 0 Å². The van der Waals surface area contributed by atoms with Gasteiger partial charge in [0.2, 0.25) is 5.95 Å². The minimum atomic E-state index is -0.413. The summed E-state index contributed by atoms with van der Waals surface area (Å²) in [5, 5.41) is 6.91. The smallest absolute Gasteiger partial charge is 0.293 e. The zero-order chi connectivity index (χ0) is 20.1. The van der Waals surface area contributed by atoms with E-state index in [4.69, 9.17) is 9.15 Å². The Morgan fingerprint density at radius 3 is 2.79 bits per heavy atom. The number of hydrogen-bond acceptors (Lipinski definition) is 5. The fraction of sp³-hybridized carbons (Fsp3) is 0.136. The molecule has 2 aromatic carbocycles. The third kappa shape index (κ3) is 4.90. The van der Waals surface area contributed by atoms with Crippen LogP contribution in [0, 0.1) is 6.92 Å². The Bertz CT molecular complexity index is 1100. The van der Waals surface area contributed by atoms with Gasteiger partial charge in [-0.05, 0) is 42.3 Å². The molecule has 0 spiro atoms. The zero-order valence-electron chi connectivity index (χ0n) is 15.9. The second-order valence-electron chi connectivity index (χ2n) is 6.58. The maximum atomic E-state index is 12.4. The van der Waals surface area contributed by atoms with E-state index in [2.05, 4.69) is 15.4 Å². The highest BCUT2D eigenvalue weighted by Gasteiger charge is 2.14. The lowest BCUT2D eigenvalue weighted by Crippen LogP contribution is -2.12. The van der Waals surface area contributed by atoms with Gasteiger partial charge in [0.05, 0.1) is 6.54 Å². The summed E-state index contributed by atoms with van der Waals surface area (Å²) in [5.41, 5.74) is 2.21. The molecule has 2 heterocycles. The molecule has 4 rings (SSSR count). The third-order valence-electron chi connectivity index (χ3n) is 4.21. The van der Waals surface area contributed by atoms with Crippen LogP contribution in [-0.4, -0.2) is 20.7 Å². The molecule has 4 aromatic rings. The number of rotatable bonds is 7. The van der Waals surface area contributed by atoms with Crippen LogP contribution in [0.15, 0.2) is 77.5 Å². The normalized spacial score (nSPS) is 10.7. The number of amides is 1. The lowest BCUT2D eigenvalue weighted by Gasteiger charge is -2.04. The minimum absolute atomic E-state index is 0.173. The average molecular weight is 388 g/mol. The molecule has 0 aliphatic carbocycles. The van der Waals surface area contributed by atoms with Crippen molar-refractivity contribution in [2.45, 2.75) is 20.1 Å². The zero-order valence-corrected chi connectivity index (χ0v) is 15.9. The molecular formula is C22H20N4O3. The Hall–Kier alpha value is -3.87. The minimum Gasteiger partial charge on any atom is -0.486 e. The molecule has 0 aliphatic heterocycles. The molecule has 1 N–H and O–H groups in total. The number of ether oxygens (including phenoxy) is 1. The van der Waals surface area contributed by atoms with E-state index in [1.807, 2.05) is 61.5 Å². The maximum absolute atomic E-state index is 12.4. The predicted molar refractivity (Wildman–Crippen MR) is 108 cm³/mol. The van der Waals surface area contributed by atoms with Crippen LogP contribution in [0.25, 0.3) is 0 Å². The molecule has 0 unspecified atom stereocenters. The van der Waals surface area contributed by atoms with E-state index < -0.39 is 5.91 Å². The summed E-state index contributed by atoms with van der Waals surface area (Å²) in [4.78, 5) is 16.5. The van der Waals surface area contributed by atoms with Crippen LogP contribution in [0.5, 0.6) is 5.75 Å². The number of aryl methyl sites for hydroxylation is 1. The Balaban J connectivity index is 1.33. The Kier molecular flexibility index (Phi) is 5.38. The van der Waals surface area contributed by atoms with Crippen molar-refractivity contribution < 1.29 is 13.9 Å². The maximum Gasteiger partial charge on any atom is 0.293 e. The number of anilines is 1. The van der Waals surface area contributed by atoms with Gasteiger partial charge >= 0.3 is 0 Å². The molecule has 7 nitrogen and oxygen atoms in total. The van der Waals surface area contributed by atoms with E-state index in [1.54, 1.807) is 23.1 Å². The molecule has 0 saturated heterocycles. The second-order valence-corrected chi connectivity index (χ2v) is 6.58. The van der Waals surface area contributed by atoms with Gasteiger partial charge in [-0.1, -0.05) is 42.5 Å². The summed E-state index contributed by atoms with van der Waals surface area (Å²) in [6.07, 6.45) is 1.58. The van der Waals surface area contributed by atoms with Gasteiger partial charge in [0.15, 0.2) is 5.76 Å². The number of nitrogens with one attached hydrogen (secondary N) is 1. The van der Waals surface area contributed by atoms with Gasteiger partial charge in [0.1, 0.15) is 24.4 Å². The first-order chi connectivity index (χ1) is 14.2. The number of aromatic nitrogens is 3. The van der Waals surface area contributed by atoms with Crippen LogP contribution in [0.1, 0.15) is 27.4 Å². The van der Waals surface area contributed by atoms with E-state index in [-0.39, 0.29) is 18.3 Å². The van der Waals surface area contributed by atoms with E-state index in [0.29, 0.717) is 12.3 Å². The van der Waals surface area contributed by atoms with E-state index >= 15 is 0 Å². The number of carbonyl (C=O) groups is 1. The van der Waals surface area contributed by atoms with Gasteiger partial charge in [-0.3, -0.25) is 10.1 Å². The van der Waals surface area contributed by atoms with Gasteiger partial charge in [-0.2, -0.15) is 0 Å². The van der Waals surface area contributed by atoms with Crippen LogP contribution < -0.4 is 10.1 Å². The standard InChI is InChI=1S/C22H20N4O3/c1-16-6-5-9-18(12-16)28-14-19-10-11-20(29-19)21(27)24-22-23-15-26(25-22)13-17-7-3-2-4-8-17/h2-12,15H,13-14H2,1H3,(H,24,25,27). The summed E-state index contributed by atoms with van der Waals surface area (Å²) >= 11 is 0. The molecular weight excluding hydrogens is 368 g/mol. The van der Waals surface area contributed by atoms with Crippen molar-refractivity contribution in [2.75, 3.05) is 5.32 Å². The van der Waals surface area contributed by atoms with Crippen molar-refractivity contribution in [3.8, 4) is 5.75 Å². The monoisotopic (exact) mass is 388 g/mol. The number of nitrogens with zero attached hydrogens (tertiary/aromatic N) is 3. The first kappa shape index (κ1) is 18.5. The highest BCUT2D eigenvalue weighted by Crippen LogP contribution is 2.16. The summed E-state index contributed by atoms with van der Waals surface area (Å²) in [7, 11) is 0. The first-order valence-corrected chi connectivity index (χ1v) is 9.18. The largest absolute Gasteiger partial charge is 0.486 e. The fourth-order valence-electron chi connectivity index (χ4n) is 2.80. The van der Waals surface area contributed by atoms with Gasteiger partial charge in [0, 0.05) is 0 Å². The van der Waals surface area contributed by atoms with Crippen LogP contribution in [0.2, 0.25) is 0 Å². The highest BCUT2D eigenvalue weighted by atomic mass is 16.5. The molecule has 0 atom stereocenters. The van der Waals surface area contributed by atoms with Crippen molar-refractivity contribution in [2.24, 2.45) is 0 Å². The molecule has 1 amide bonds. The Labute approximate surface area is 168 Å². The van der Waals surface area contributed by atoms with Crippen LogP contribution >= 0.6 is 0 Å². The lowest BCUT2D eigenvalue weighted by molar-refractivity contribution is 0.0991. The summed E-state index contributed by atoms with van der Waals surface area (Å²) in [5.74, 6) is 1.29. The average Bonchev–Trinajstić information content (AvgIpc) is 3.37. The van der Waals surface area contributed by atoms with Crippen molar-refractivity contribution in [1.82, 2.24) is 14.8 Å². The van der Waals surface area contributed by atoms with E-state index in [1.165, 1.54) is 0 Å². The van der Waals surface area contributed by atoms with Gasteiger partial charge in [-0.15, -0.1) is 5.10 Å². The predicted octanol–water partition coefficient (Wildman–Crippen LogP) is 4.06. The van der Waals surface area contributed by atoms with Crippen LogP contribution in [-0.2, 0) is 13.2 Å². The molecule has 7 heteroatoms. The third-order valence-corrected chi connectivity index (χ3v) is 4.21. The van der Waals surface area contributed by atoms with E-state index in [0.717, 1.165) is 16.9 Å². The molecule has 2 aromatic heterocycles. The van der Waals surface area contributed by atoms with Crippen molar-refractivity contribution in [1.29, 1.82) is 0 Å². The molecule has 0 bridgehead atoms. The van der Waals surface area contributed by atoms with E-state index in [9.17, 15) is 4.79 Å². The highest BCUT2D eigenvalue weighted by molar-refractivity contribution is 6.01. The van der Waals surface area contributed by atoms with Crippen molar-refractivity contribution in [3.63, 3.8) is 0 Å². The first-order valence-electron chi connectivity index (χ1n) is 9.18. The van der Waals surface area contributed by atoms with Gasteiger partial charge in [-0.25, -0.2) is 9.67 Å². The molecule has 0 saturated carbocycles. The second kappa shape index (κ2) is 8.43. The summed E-state index contributed by atoms with van der Waals surface area (Å²) in [6.45, 7) is 2.81. The Morgan fingerprint density at radius 1 is 1.10 bits per heavy atom. The van der Waals surface area contributed by atoms with Crippen LogP contribution in [0.4, 0.5) is 5.95 Å².